The fourth-order valence-electron chi connectivity index (χ4n) is 3.43. The summed E-state index contributed by atoms with van der Waals surface area (Å²) < 4.78 is 29.9. The molecule has 3 heterocycles. The van der Waals surface area contributed by atoms with Crippen LogP contribution in [-0.2, 0) is 16.1 Å². The van der Waals surface area contributed by atoms with Crippen molar-refractivity contribution < 1.29 is 18.4 Å². The van der Waals surface area contributed by atoms with E-state index in [1.807, 2.05) is 34.9 Å². The lowest BCUT2D eigenvalue weighted by atomic mass is 10.1. The van der Waals surface area contributed by atoms with Gasteiger partial charge in [0.25, 0.3) is 0 Å². The van der Waals surface area contributed by atoms with E-state index in [1.54, 1.807) is 18.6 Å². The Bertz CT molecular complexity index is 1450. The Morgan fingerprint density at radius 2 is 1.66 bits per heavy atom. The number of carbonyl (C=O) groups excluding carboxylic acids is 2. The van der Waals surface area contributed by atoms with Gasteiger partial charge in [-0.3, -0.25) is 4.98 Å². The van der Waals surface area contributed by atoms with Crippen molar-refractivity contribution in [3.8, 4) is 11.3 Å². The molecule has 6 nitrogen and oxygen atoms in total. The van der Waals surface area contributed by atoms with Crippen LogP contribution in [0, 0.1) is 18.6 Å². The Morgan fingerprint density at radius 3 is 2.41 bits per heavy atom. The zero-order valence-electron chi connectivity index (χ0n) is 16.9. The number of imidazole rings is 1. The zero-order chi connectivity index (χ0) is 22.7. The van der Waals surface area contributed by atoms with Crippen LogP contribution in [0.5, 0.6) is 0 Å². The van der Waals surface area contributed by atoms with E-state index in [-0.39, 0.29) is 11.7 Å². The third-order valence-electron chi connectivity index (χ3n) is 5.06. The summed E-state index contributed by atoms with van der Waals surface area (Å²) in [5.41, 5.74) is 4.32. The lowest BCUT2D eigenvalue weighted by molar-refractivity contribution is -0.191. The molecule has 0 saturated carbocycles. The number of fused-ring (bicyclic) bond motifs is 2. The first-order chi connectivity index (χ1) is 15.5. The highest BCUT2D eigenvalue weighted by Gasteiger charge is 2.12. The number of aromatic nitrogens is 4. The van der Waals surface area contributed by atoms with Crippen LogP contribution in [-0.4, -0.2) is 25.7 Å². The number of halogens is 2. The van der Waals surface area contributed by atoms with Crippen LogP contribution < -0.4 is 0 Å². The number of pyridine rings is 2. The number of rotatable bonds is 3. The second kappa shape index (κ2) is 8.83. The highest BCUT2D eigenvalue weighted by atomic mass is 19.1. The molecule has 5 aromatic rings. The van der Waals surface area contributed by atoms with E-state index in [0.29, 0.717) is 23.4 Å². The van der Waals surface area contributed by atoms with E-state index < -0.39 is 11.6 Å². The number of benzene rings is 2. The molecule has 0 aliphatic carbocycles. The largest absolute Gasteiger partial charge is 0.373 e. The monoisotopic (exact) mass is 430 g/mol. The van der Waals surface area contributed by atoms with Crippen molar-refractivity contribution in [2.45, 2.75) is 13.5 Å². The predicted octanol–water partition coefficient (Wildman–Crippen LogP) is 4.70. The second-order valence-corrected chi connectivity index (χ2v) is 7.09. The summed E-state index contributed by atoms with van der Waals surface area (Å²) >= 11 is 0. The fourth-order valence-corrected chi connectivity index (χ4v) is 3.43. The molecule has 5 rings (SSSR count). The van der Waals surface area contributed by atoms with Crippen LogP contribution >= 0.6 is 0 Å². The first kappa shape index (κ1) is 21.0. The molecule has 0 fully saturated rings. The maximum atomic E-state index is 14.0. The van der Waals surface area contributed by atoms with Gasteiger partial charge in [-0.05, 0) is 55.0 Å². The van der Waals surface area contributed by atoms with Gasteiger partial charge in [-0.25, -0.2) is 18.7 Å². The van der Waals surface area contributed by atoms with Gasteiger partial charge >= 0.3 is 6.15 Å². The maximum absolute atomic E-state index is 14.0. The molecule has 32 heavy (non-hydrogen) atoms. The molecule has 0 radical (unpaired) electrons. The van der Waals surface area contributed by atoms with Gasteiger partial charge in [0.05, 0.1) is 24.1 Å². The van der Waals surface area contributed by atoms with Crippen molar-refractivity contribution in [1.82, 2.24) is 19.5 Å². The predicted molar refractivity (Wildman–Crippen MR) is 113 cm³/mol. The minimum absolute atomic E-state index is 0.00524. The molecule has 2 aromatic carbocycles. The Hall–Kier alpha value is -4.29. The molecule has 0 spiro atoms. The van der Waals surface area contributed by atoms with Crippen LogP contribution in [0.1, 0.15) is 11.1 Å². The summed E-state index contributed by atoms with van der Waals surface area (Å²) in [4.78, 5) is 29.6. The Kier molecular flexibility index (Phi) is 5.79. The third kappa shape index (κ3) is 4.12. The van der Waals surface area contributed by atoms with Gasteiger partial charge in [-0.1, -0.05) is 12.1 Å². The van der Waals surface area contributed by atoms with Crippen molar-refractivity contribution in [2.24, 2.45) is 0 Å². The average Bonchev–Trinajstić information content (AvgIpc) is 3.19. The van der Waals surface area contributed by atoms with Gasteiger partial charge in [-0.2, -0.15) is 9.59 Å². The minimum atomic E-state index is -0.583. The molecule has 0 saturated heterocycles. The topological polar surface area (TPSA) is 77.7 Å². The first-order valence-corrected chi connectivity index (χ1v) is 9.61. The second-order valence-electron chi connectivity index (χ2n) is 7.09. The minimum Gasteiger partial charge on any atom is -0.311 e. The highest BCUT2D eigenvalue weighted by molar-refractivity contribution is 5.79. The van der Waals surface area contributed by atoms with Crippen molar-refractivity contribution in [3.05, 3.63) is 89.9 Å². The van der Waals surface area contributed by atoms with E-state index in [4.69, 9.17) is 9.59 Å². The van der Waals surface area contributed by atoms with Gasteiger partial charge in [0, 0.05) is 22.7 Å². The van der Waals surface area contributed by atoms with Crippen molar-refractivity contribution in [3.63, 3.8) is 0 Å². The standard InChI is InChI=1S/C23H16F2N4.CO2/c1-14-18(24)10-17(11-19(14)25)21-6-7-22-23(28-21)29(13-27-22)12-15-4-5-20-16(9-15)3-2-8-26-20;2-1-3/h2-11,13H,12H2,1H3;. The van der Waals surface area contributed by atoms with Crippen molar-refractivity contribution in [1.29, 1.82) is 0 Å². The summed E-state index contributed by atoms with van der Waals surface area (Å²) in [6.45, 7) is 1.99. The molecule has 8 heteroatoms. The summed E-state index contributed by atoms with van der Waals surface area (Å²) in [5.74, 6) is -1.17. The van der Waals surface area contributed by atoms with Crippen LogP contribution in [0.3, 0.4) is 0 Å². The normalized spacial score (nSPS) is 10.6. The van der Waals surface area contributed by atoms with Gasteiger partial charge < -0.3 is 4.57 Å². The molecule has 0 amide bonds. The molecule has 0 aliphatic rings. The molecule has 3 aromatic heterocycles. The summed E-state index contributed by atoms with van der Waals surface area (Å²) in [6, 6.07) is 16.2. The summed E-state index contributed by atoms with van der Waals surface area (Å²) in [5, 5.41) is 1.06. The van der Waals surface area contributed by atoms with E-state index in [1.165, 1.54) is 19.1 Å². The number of hydrogen-bond donors (Lipinski definition) is 0. The van der Waals surface area contributed by atoms with E-state index in [9.17, 15) is 8.78 Å². The third-order valence-corrected chi connectivity index (χ3v) is 5.06. The number of nitrogens with zero attached hydrogens (tertiary/aromatic N) is 4. The van der Waals surface area contributed by atoms with E-state index >= 15 is 0 Å². The van der Waals surface area contributed by atoms with Gasteiger partial charge in [0.2, 0.25) is 0 Å². The SMILES string of the molecule is Cc1c(F)cc(-c2ccc3ncn(Cc4ccc5ncccc5c4)c3n2)cc1F.O=C=O. The first-order valence-electron chi connectivity index (χ1n) is 9.61. The number of hydrogen-bond acceptors (Lipinski definition) is 5. The quantitative estimate of drug-likeness (QED) is 0.415. The Labute approximate surface area is 181 Å². The van der Waals surface area contributed by atoms with E-state index in [0.717, 1.165) is 22.0 Å². The lowest BCUT2D eigenvalue weighted by Crippen LogP contribution is -2.00. The molecule has 158 valence electrons. The zero-order valence-corrected chi connectivity index (χ0v) is 16.9. The van der Waals surface area contributed by atoms with Crippen molar-refractivity contribution in [2.75, 3.05) is 0 Å². The molecular weight excluding hydrogens is 414 g/mol. The van der Waals surface area contributed by atoms with Gasteiger partial charge in [-0.15, -0.1) is 0 Å². The Morgan fingerprint density at radius 1 is 0.938 bits per heavy atom. The summed E-state index contributed by atoms with van der Waals surface area (Å²) in [7, 11) is 0. The van der Waals surface area contributed by atoms with Crippen LogP contribution in [0.15, 0.2) is 67.1 Å². The summed E-state index contributed by atoms with van der Waals surface area (Å²) in [6.07, 6.45) is 3.75. The fraction of sp³-hybridized carbons (Fsp3) is 0.0833. The highest BCUT2D eigenvalue weighted by Crippen LogP contribution is 2.25. The average molecular weight is 430 g/mol. The Balaban J connectivity index is 0.000000775. The van der Waals surface area contributed by atoms with Crippen LogP contribution in [0.2, 0.25) is 0 Å². The molecule has 0 atom stereocenters. The van der Waals surface area contributed by atoms with Gasteiger partial charge in [0.1, 0.15) is 17.2 Å². The van der Waals surface area contributed by atoms with Crippen LogP contribution in [0.4, 0.5) is 8.78 Å². The van der Waals surface area contributed by atoms with Crippen LogP contribution in [0.25, 0.3) is 33.3 Å². The lowest BCUT2D eigenvalue weighted by Gasteiger charge is -2.08. The van der Waals surface area contributed by atoms with Crippen molar-refractivity contribution >= 4 is 28.2 Å². The maximum Gasteiger partial charge on any atom is 0.373 e. The van der Waals surface area contributed by atoms with E-state index in [2.05, 4.69) is 21.0 Å². The molecular formula is C24H16F2N4O2. The molecule has 0 bridgehead atoms. The van der Waals surface area contributed by atoms with Gasteiger partial charge in [0.15, 0.2) is 5.65 Å². The smallest absolute Gasteiger partial charge is 0.311 e. The molecule has 0 N–H and O–H groups in total. The molecule has 0 aliphatic heterocycles. The molecule has 0 unspecified atom stereocenters.